The van der Waals surface area contributed by atoms with E-state index in [1.807, 2.05) is 12.1 Å². The monoisotopic (exact) mass is 381 g/mol. The summed E-state index contributed by atoms with van der Waals surface area (Å²) in [6.07, 6.45) is 2.01. The second kappa shape index (κ2) is 7.56. The summed E-state index contributed by atoms with van der Waals surface area (Å²) in [5, 5.41) is 18.0. The van der Waals surface area contributed by atoms with Gasteiger partial charge in [-0.25, -0.2) is 4.98 Å². The van der Waals surface area contributed by atoms with E-state index in [0.717, 1.165) is 37.7 Å². The fourth-order valence-corrected chi connectivity index (χ4v) is 4.23. The second-order valence-electron chi connectivity index (χ2n) is 7.49. The Hall–Kier alpha value is -2.98. The fraction of sp³-hybridized carbons (Fsp3) is 0.381. The number of carbonyl (C=O) groups excluding carboxylic acids is 1. The van der Waals surface area contributed by atoms with Crippen molar-refractivity contribution >= 4 is 5.78 Å². The molecule has 1 aliphatic carbocycles. The van der Waals surface area contributed by atoms with Gasteiger partial charge in [0.1, 0.15) is 11.4 Å². The number of pyridine rings is 1. The van der Waals surface area contributed by atoms with Crippen molar-refractivity contribution < 1.29 is 19.0 Å². The molecule has 4 rings (SSSR count). The quantitative estimate of drug-likeness (QED) is 0.633. The predicted molar refractivity (Wildman–Crippen MR) is 98.4 cm³/mol. The summed E-state index contributed by atoms with van der Waals surface area (Å²) in [5.74, 6) is -0.102. The minimum Gasteiger partial charge on any atom is -0.504 e. The molecule has 1 aromatic carbocycles. The standard InChI is InChI=1S/C21H20FN3O3/c22-21-19(26)6-5-18(24-21)20(27)12-25-10-14-7-17(8-15(14)11-25)28-16-3-1-13(9-23)2-4-16/h1-6,14-15,17,26H,7-8,10-12H2/t14-,15+,17?. The van der Waals surface area contributed by atoms with Gasteiger partial charge in [-0.15, -0.1) is 0 Å². The van der Waals surface area contributed by atoms with Gasteiger partial charge in [0, 0.05) is 13.1 Å². The molecule has 2 aromatic rings. The van der Waals surface area contributed by atoms with E-state index in [2.05, 4.69) is 16.0 Å². The zero-order valence-corrected chi connectivity index (χ0v) is 15.2. The Balaban J connectivity index is 1.29. The first-order chi connectivity index (χ1) is 13.5. The molecule has 1 saturated heterocycles. The Morgan fingerprint density at radius 2 is 1.89 bits per heavy atom. The molecule has 144 valence electrons. The molecule has 0 radical (unpaired) electrons. The Morgan fingerprint density at radius 3 is 2.50 bits per heavy atom. The smallest absolute Gasteiger partial charge is 0.255 e. The van der Waals surface area contributed by atoms with Crippen molar-refractivity contribution in [2.45, 2.75) is 18.9 Å². The maximum atomic E-state index is 13.3. The summed E-state index contributed by atoms with van der Waals surface area (Å²) in [6, 6.07) is 11.7. The van der Waals surface area contributed by atoms with Gasteiger partial charge in [-0.3, -0.25) is 9.69 Å². The molecule has 2 fully saturated rings. The highest BCUT2D eigenvalue weighted by atomic mass is 19.1. The molecular weight excluding hydrogens is 361 g/mol. The van der Waals surface area contributed by atoms with Crippen LogP contribution in [0.3, 0.4) is 0 Å². The lowest BCUT2D eigenvalue weighted by molar-refractivity contribution is 0.0930. The topological polar surface area (TPSA) is 86.5 Å². The van der Waals surface area contributed by atoms with E-state index >= 15 is 0 Å². The van der Waals surface area contributed by atoms with Crippen molar-refractivity contribution in [3.8, 4) is 17.6 Å². The van der Waals surface area contributed by atoms with Crippen LogP contribution in [0.4, 0.5) is 4.39 Å². The van der Waals surface area contributed by atoms with E-state index in [1.165, 1.54) is 6.07 Å². The molecule has 0 amide bonds. The van der Waals surface area contributed by atoms with E-state index in [1.54, 1.807) is 12.1 Å². The predicted octanol–water partition coefficient (Wildman–Crippen LogP) is 2.77. The van der Waals surface area contributed by atoms with Gasteiger partial charge in [0.25, 0.3) is 5.95 Å². The SMILES string of the molecule is N#Cc1ccc(OC2C[C@@H]3CN(CC(=O)c4ccc(O)c(F)n4)C[C@@H]3C2)cc1. The van der Waals surface area contributed by atoms with E-state index in [4.69, 9.17) is 10.00 Å². The fourth-order valence-electron chi connectivity index (χ4n) is 4.23. The highest BCUT2D eigenvalue weighted by Crippen LogP contribution is 2.39. The third kappa shape index (κ3) is 3.82. The summed E-state index contributed by atoms with van der Waals surface area (Å²) in [4.78, 5) is 18.0. The van der Waals surface area contributed by atoms with Crippen LogP contribution < -0.4 is 4.74 Å². The molecular formula is C21H20FN3O3. The van der Waals surface area contributed by atoms with Crippen LogP contribution in [-0.4, -0.2) is 46.5 Å². The lowest BCUT2D eigenvalue weighted by Crippen LogP contribution is -2.30. The maximum absolute atomic E-state index is 13.3. The van der Waals surface area contributed by atoms with Crippen molar-refractivity contribution in [1.82, 2.24) is 9.88 Å². The van der Waals surface area contributed by atoms with Crippen LogP contribution in [-0.2, 0) is 0 Å². The molecule has 1 aliphatic heterocycles. The number of fused-ring (bicyclic) bond motifs is 1. The van der Waals surface area contributed by atoms with Gasteiger partial charge in [0.15, 0.2) is 11.5 Å². The van der Waals surface area contributed by atoms with E-state index in [-0.39, 0.29) is 24.1 Å². The lowest BCUT2D eigenvalue weighted by atomic mass is 10.0. The number of ketones is 1. The van der Waals surface area contributed by atoms with Crippen LogP contribution in [0.2, 0.25) is 0 Å². The Labute approximate surface area is 162 Å². The molecule has 0 bridgehead atoms. The third-order valence-corrected chi connectivity index (χ3v) is 5.55. The molecule has 28 heavy (non-hydrogen) atoms. The minimum atomic E-state index is -1.02. The second-order valence-corrected chi connectivity index (χ2v) is 7.49. The van der Waals surface area contributed by atoms with Crippen molar-refractivity contribution in [2.75, 3.05) is 19.6 Å². The molecule has 6 nitrogen and oxygen atoms in total. The largest absolute Gasteiger partial charge is 0.504 e. The van der Waals surface area contributed by atoms with Crippen LogP contribution in [0.15, 0.2) is 36.4 Å². The van der Waals surface area contributed by atoms with Crippen molar-refractivity contribution in [1.29, 1.82) is 5.26 Å². The zero-order chi connectivity index (χ0) is 19.7. The van der Waals surface area contributed by atoms with Gasteiger partial charge in [0.05, 0.1) is 24.3 Å². The average molecular weight is 381 g/mol. The summed E-state index contributed by atoms with van der Waals surface area (Å²) >= 11 is 0. The Kier molecular flexibility index (Phi) is 4.97. The van der Waals surface area contributed by atoms with E-state index < -0.39 is 11.7 Å². The highest BCUT2D eigenvalue weighted by molar-refractivity contribution is 5.95. The number of benzene rings is 1. The molecule has 2 aliphatic rings. The molecule has 1 unspecified atom stereocenters. The first kappa shape index (κ1) is 18.4. The summed E-state index contributed by atoms with van der Waals surface area (Å²) in [7, 11) is 0. The maximum Gasteiger partial charge on any atom is 0.255 e. The molecule has 1 aromatic heterocycles. The third-order valence-electron chi connectivity index (χ3n) is 5.55. The van der Waals surface area contributed by atoms with Gasteiger partial charge in [0.2, 0.25) is 0 Å². The van der Waals surface area contributed by atoms with Crippen LogP contribution in [0.25, 0.3) is 0 Å². The minimum absolute atomic E-state index is 0.0365. The summed E-state index contributed by atoms with van der Waals surface area (Å²) in [5.41, 5.74) is 0.647. The van der Waals surface area contributed by atoms with Gasteiger partial charge >= 0.3 is 0 Å². The first-order valence-electron chi connectivity index (χ1n) is 9.29. The zero-order valence-electron chi connectivity index (χ0n) is 15.2. The van der Waals surface area contributed by atoms with E-state index in [0.29, 0.717) is 17.4 Å². The number of likely N-dealkylation sites (tertiary alicyclic amines) is 1. The lowest BCUT2D eigenvalue weighted by Gasteiger charge is -2.19. The van der Waals surface area contributed by atoms with Gasteiger partial charge < -0.3 is 9.84 Å². The van der Waals surface area contributed by atoms with Crippen LogP contribution in [0.1, 0.15) is 28.9 Å². The Morgan fingerprint density at radius 1 is 1.21 bits per heavy atom. The number of rotatable bonds is 5. The number of hydrogen-bond donors (Lipinski definition) is 1. The summed E-state index contributed by atoms with van der Waals surface area (Å²) < 4.78 is 19.4. The number of aromatic hydroxyl groups is 1. The molecule has 0 spiro atoms. The van der Waals surface area contributed by atoms with Gasteiger partial charge in [-0.05, 0) is 61.1 Å². The first-order valence-corrected chi connectivity index (χ1v) is 9.29. The van der Waals surface area contributed by atoms with Crippen LogP contribution in [0, 0.1) is 29.1 Å². The molecule has 1 saturated carbocycles. The number of nitriles is 1. The van der Waals surface area contributed by atoms with Crippen LogP contribution >= 0.6 is 0 Å². The number of nitrogens with zero attached hydrogens (tertiary/aromatic N) is 3. The molecule has 1 N–H and O–H groups in total. The molecule has 7 heteroatoms. The Bertz CT molecular complexity index is 911. The molecule has 2 heterocycles. The van der Waals surface area contributed by atoms with Crippen molar-refractivity contribution in [3.63, 3.8) is 0 Å². The number of ether oxygens (including phenoxy) is 1. The van der Waals surface area contributed by atoms with Gasteiger partial charge in [-0.1, -0.05) is 0 Å². The summed E-state index contributed by atoms with van der Waals surface area (Å²) in [6.45, 7) is 1.82. The highest BCUT2D eigenvalue weighted by Gasteiger charge is 2.42. The van der Waals surface area contributed by atoms with Crippen LogP contribution in [0.5, 0.6) is 11.5 Å². The van der Waals surface area contributed by atoms with Crippen molar-refractivity contribution in [2.24, 2.45) is 11.8 Å². The number of aromatic nitrogens is 1. The molecule has 3 atom stereocenters. The number of carbonyl (C=O) groups is 1. The normalized spacial score (nSPS) is 23.9. The van der Waals surface area contributed by atoms with Gasteiger partial charge in [-0.2, -0.15) is 9.65 Å². The number of halogens is 1. The van der Waals surface area contributed by atoms with Crippen molar-refractivity contribution in [3.05, 3.63) is 53.6 Å². The number of Topliss-reactive ketones (excluding diaryl/α,β-unsaturated/α-hetero) is 1. The average Bonchev–Trinajstić information content (AvgIpc) is 3.22. The van der Waals surface area contributed by atoms with E-state index in [9.17, 15) is 14.3 Å². The number of hydrogen-bond acceptors (Lipinski definition) is 6.